The predicted octanol–water partition coefficient (Wildman–Crippen LogP) is 3.68. The minimum Gasteiger partial charge on any atom is -0.451 e. The molecule has 0 fully saturated rings. The molecule has 5 heteroatoms. The van der Waals surface area contributed by atoms with Crippen molar-refractivity contribution in [1.82, 2.24) is 4.98 Å². The van der Waals surface area contributed by atoms with Gasteiger partial charge in [-0.15, -0.1) is 0 Å². The number of hydrogen-bond acceptors (Lipinski definition) is 3. The molecule has 19 heavy (non-hydrogen) atoms. The van der Waals surface area contributed by atoms with Crippen LogP contribution >= 0.6 is 22.6 Å². The monoisotopic (exact) mass is 364 g/mol. The first-order valence-electron chi connectivity index (χ1n) is 5.64. The lowest BCUT2D eigenvalue weighted by Crippen LogP contribution is -2.11. The van der Waals surface area contributed by atoms with Gasteiger partial charge in [-0.2, -0.15) is 0 Å². The molecule has 3 aromatic rings. The van der Waals surface area contributed by atoms with E-state index in [2.05, 4.69) is 32.9 Å². The van der Waals surface area contributed by atoms with E-state index < -0.39 is 0 Å². The van der Waals surface area contributed by atoms with E-state index in [1.807, 2.05) is 30.3 Å². The number of benzene rings is 1. The summed E-state index contributed by atoms with van der Waals surface area (Å²) in [7, 11) is 0. The van der Waals surface area contributed by atoms with Crippen LogP contribution in [-0.4, -0.2) is 10.9 Å². The molecule has 0 spiro atoms. The van der Waals surface area contributed by atoms with Crippen molar-refractivity contribution in [2.45, 2.75) is 0 Å². The van der Waals surface area contributed by atoms with Crippen LogP contribution in [0.3, 0.4) is 0 Å². The summed E-state index contributed by atoms with van der Waals surface area (Å²) in [5.41, 5.74) is 0.697. The molecule has 2 heterocycles. The number of pyridine rings is 1. The van der Waals surface area contributed by atoms with E-state index in [1.165, 1.54) is 0 Å². The van der Waals surface area contributed by atoms with Gasteiger partial charge >= 0.3 is 0 Å². The summed E-state index contributed by atoms with van der Waals surface area (Å²) in [6.07, 6.45) is 1.69. The van der Waals surface area contributed by atoms with Crippen molar-refractivity contribution >= 4 is 45.3 Å². The second-order valence-electron chi connectivity index (χ2n) is 3.96. The lowest BCUT2D eigenvalue weighted by Gasteiger charge is -2.01. The van der Waals surface area contributed by atoms with E-state index in [-0.39, 0.29) is 11.7 Å². The molecule has 0 aliphatic heterocycles. The third kappa shape index (κ3) is 2.60. The number of nitrogens with one attached hydrogen (secondary N) is 1. The number of furan rings is 1. The van der Waals surface area contributed by atoms with Crippen LogP contribution in [0.15, 0.2) is 53.1 Å². The zero-order chi connectivity index (χ0) is 13.2. The highest BCUT2D eigenvalue weighted by atomic mass is 127. The first-order valence-corrected chi connectivity index (χ1v) is 6.72. The number of amides is 1. The smallest absolute Gasteiger partial charge is 0.292 e. The standard InChI is InChI=1S/C14H9IN2O2/c15-10-5-6-13(16-8-10)17-14(18)12-7-9-3-1-2-4-11(9)19-12/h1-8H,(H,16,17,18). The highest BCUT2D eigenvalue weighted by molar-refractivity contribution is 14.1. The van der Waals surface area contributed by atoms with Crippen molar-refractivity contribution in [3.05, 3.63) is 58.0 Å². The van der Waals surface area contributed by atoms with Gasteiger partial charge in [0.05, 0.1) is 0 Å². The van der Waals surface area contributed by atoms with Crippen molar-refractivity contribution < 1.29 is 9.21 Å². The molecule has 0 radical (unpaired) electrons. The van der Waals surface area contributed by atoms with Crippen LogP contribution < -0.4 is 5.32 Å². The van der Waals surface area contributed by atoms with Crippen molar-refractivity contribution in [1.29, 1.82) is 0 Å². The summed E-state index contributed by atoms with van der Waals surface area (Å²) in [6.45, 7) is 0. The summed E-state index contributed by atoms with van der Waals surface area (Å²) < 4.78 is 6.50. The molecule has 94 valence electrons. The fourth-order valence-corrected chi connectivity index (χ4v) is 2.04. The molecule has 2 aromatic heterocycles. The number of carbonyl (C=O) groups is 1. The van der Waals surface area contributed by atoms with Crippen LogP contribution in [0.2, 0.25) is 0 Å². The van der Waals surface area contributed by atoms with Gasteiger partial charge in [0.2, 0.25) is 0 Å². The SMILES string of the molecule is O=C(Nc1ccc(I)cn1)c1cc2ccccc2o1. The third-order valence-electron chi connectivity index (χ3n) is 2.62. The maximum absolute atomic E-state index is 12.0. The fraction of sp³-hybridized carbons (Fsp3) is 0. The van der Waals surface area contributed by atoms with E-state index in [0.29, 0.717) is 11.4 Å². The Kier molecular flexibility index (Phi) is 3.20. The van der Waals surface area contributed by atoms with Gasteiger partial charge in [-0.1, -0.05) is 18.2 Å². The van der Waals surface area contributed by atoms with Crippen molar-refractivity contribution in [2.75, 3.05) is 5.32 Å². The molecule has 0 bridgehead atoms. The van der Waals surface area contributed by atoms with E-state index in [1.54, 1.807) is 18.3 Å². The predicted molar refractivity (Wildman–Crippen MR) is 81.1 cm³/mol. The quantitative estimate of drug-likeness (QED) is 0.706. The molecule has 1 amide bonds. The second kappa shape index (κ2) is 5.00. The highest BCUT2D eigenvalue weighted by Crippen LogP contribution is 2.19. The molecule has 0 unspecified atom stereocenters. The van der Waals surface area contributed by atoms with Crippen LogP contribution in [0.4, 0.5) is 5.82 Å². The molecular formula is C14H9IN2O2. The summed E-state index contributed by atoms with van der Waals surface area (Å²) in [5, 5.41) is 3.61. The number of carbonyl (C=O) groups excluding carboxylic acids is 1. The Balaban J connectivity index is 1.85. The zero-order valence-corrected chi connectivity index (χ0v) is 11.9. The average Bonchev–Trinajstić information content (AvgIpc) is 2.85. The van der Waals surface area contributed by atoms with Crippen LogP contribution in [0.5, 0.6) is 0 Å². The molecule has 4 nitrogen and oxygen atoms in total. The van der Waals surface area contributed by atoms with Crippen LogP contribution in [-0.2, 0) is 0 Å². The van der Waals surface area contributed by atoms with Crippen molar-refractivity contribution in [3.63, 3.8) is 0 Å². The topological polar surface area (TPSA) is 55.1 Å². The molecule has 0 atom stereocenters. The number of hydrogen-bond donors (Lipinski definition) is 1. The number of fused-ring (bicyclic) bond motifs is 1. The lowest BCUT2D eigenvalue weighted by molar-refractivity contribution is 0.0998. The van der Waals surface area contributed by atoms with Gasteiger partial charge in [0.1, 0.15) is 11.4 Å². The Morgan fingerprint density at radius 3 is 2.79 bits per heavy atom. The first kappa shape index (κ1) is 12.2. The largest absolute Gasteiger partial charge is 0.451 e. The van der Waals surface area contributed by atoms with Gasteiger partial charge in [0.15, 0.2) is 5.76 Å². The summed E-state index contributed by atoms with van der Waals surface area (Å²) >= 11 is 2.16. The normalized spacial score (nSPS) is 10.6. The van der Waals surface area contributed by atoms with Gasteiger partial charge in [0.25, 0.3) is 5.91 Å². The van der Waals surface area contributed by atoms with Crippen LogP contribution in [0.25, 0.3) is 11.0 Å². The molecule has 0 saturated heterocycles. The number of aromatic nitrogens is 1. The summed E-state index contributed by atoms with van der Waals surface area (Å²) in [6, 6.07) is 12.9. The van der Waals surface area contributed by atoms with Crippen molar-refractivity contribution in [2.24, 2.45) is 0 Å². The zero-order valence-electron chi connectivity index (χ0n) is 9.76. The van der Waals surface area contributed by atoms with E-state index in [0.717, 1.165) is 8.96 Å². The molecule has 1 aromatic carbocycles. The highest BCUT2D eigenvalue weighted by Gasteiger charge is 2.12. The molecule has 0 aliphatic carbocycles. The first-order chi connectivity index (χ1) is 9.22. The van der Waals surface area contributed by atoms with Gasteiger partial charge in [-0.3, -0.25) is 4.79 Å². The minimum absolute atomic E-state index is 0.279. The molecule has 0 saturated carbocycles. The minimum atomic E-state index is -0.301. The van der Waals surface area contributed by atoms with Gasteiger partial charge in [-0.25, -0.2) is 4.98 Å². The maximum Gasteiger partial charge on any atom is 0.292 e. The van der Waals surface area contributed by atoms with E-state index >= 15 is 0 Å². The average molecular weight is 364 g/mol. The fourth-order valence-electron chi connectivity index (χ4n) is 1.72. The van der Waals surface area contributed by atoms with E-state index in [4.69, 9.17) is 4.42 Å². The van der Waals surface area contributed by atoms with Crippen molar-refractivity contribution in [3.8, 4) is 0 Å². The van der Waals surface area contributed by atoms with Gasteiger partial charge in [-0.05, 0) is 46.9 Å². The Labute approximate surface area is 123 Å². The third-order valence-corrected chi connectivity index (χ3v) is 3.26. The summed E-state index contributed by atoms with van der Waals surface area (Å²) in [5.74, 6) is 0.484. The van der Waals surface area contributed by atoms with Crippen LogP contribution in [0, 0.1) is 3.57 Å². The molecular weight excluding hydrogens is 355 g/mol. The number of rotatable bonds is 2. The lowest BCUT2D eigenvalue weighted by atomic mass is 10.2. The number of nitrogens with zero attached hydrogens (tertiary/aromatic N) is 1. The molecule has 0 aliphatic rings. The Morgan fingerprint density at radius 1 is 1.21 bits per heavy atom. The number of para-hydroxylation sites is 1. The molecule has 3 rings (SSSR count). The number of halogens is 1. The Hall–Kier alpha value is -1.89. The Bertz CT molecular complexity index is 702. The Morgan fingerprint density at radius 2 is 2.05 bits per heavy atom. The van der Waals surface area contributed by atoms with E-state index in [9.17, 15) is 4.79 Å². The van der Waals surface area contributed by atoms with Gasteiger partial charge < -0.3 is 9.73 Å². The van der Waals surface area contributed by atoms with Crippen LogP contribution in [0.1, 0.15) is 10.6 Å². The summed E-state index contributed by atoms with van der Waals surface area (Å²) in [4.78, 5) is 16.1. The molecule has 1 N–H and O–H groups in total. The van der Waals surface area contributed by atoms with Gasteiger partial charge in [0, 0.05) is 15.2 Å². The number of anilines is 1. The maximum atomic E-state index is 12.0. The second-order valence-corrected chi connectivity index (χ2v) is 5.21.